The van der Waals surface area contributed by atoms with Crippen LogP contribution in [0.5, 0.6) is 0 Å². The minimum Gasteiger partial charge on any atom is -0.279 e. The van der Waals surface area contributed by atoms with E-state index in [1.807, 2.05) is 71.3 Å². The minimum absolute atomic E-state index is 0.345. The van der Waals surface area contributed by atoms with E-state index in [2.05, 4.69) is 0 Å². The van der Waals surface area contributed by atoms with Crippen molar-refractivity contribution in [2.75, 3.05) is 0 Å². The zero-order valence-electron chi connectivity index (χ0n) is 17.5. The van der Waals surface area contributed by atoms with Gasteiger partial charge in [-0.05, 0) is 32.0 Å². The number of hydrogen-bond acceptors (Lipinski definition) is 3. The summed E-state index contributed by atoms with van der Waals surface area (Å²) in [5.74, 6) is 0.545. The second kappa shape index (κ2) is 6.72. The molecule has 2 aromatic carbocycles. The average Bonchev–Trinajstić information content (AvgIpc) is 3.27. The van der Waals surface area contributed by atoms with Gasteiger partial charge in [0.25, 0.3) is 5.56 Å². The Labute approximate surface area is 182 Å². The highest BCUT2D eigenvalue weighted by Crippen LogP contribution is 2.33. The lowest BCUT2D eigenvalue weighted by Crippen LogP contribution is -2.37. The number of imidazole rings is 2. The number of benzene rings is 2. The molecule has 0 spiro atoms. The third-order valence-corrected chi connectivity index (χ3v) is 5.97. The number of aromatic nitrogens is 5. The normalized spacial score (nSPS) is 11.6. The maximum Gasteiger partial charge on any atom is 0.332 e. The molecule has 156 valence electrons. The van der Waals surface area contributed by atoms with Gasteiger partial charge in [0, 0.05) is 30.4 Å². The molecule has 3 aromatic heterocycles. The minimum atomic E-state index is -0.413. The maximum atomic E-state index is 13.1. The van der Waals surface area contributed by atoms with Crippen LogP contribution in [0, 0.1) is 13.8 Å². The zero-order valence-corrected chi connectivity index (χ0v) is 18.3. The van der Waals surface area contributed by atoms with E-state index >= 15 is 0 Å². The Kier molecular flexibility index (Phi) is 4.20. The molecule has 0 saturated carbocycles. The standard InChI is InChI=1S/C23H20ClN5O2/c1-13-8-10-15(11-9-13)18-14(2)28-19-20(26(3)23(31)27(4)21(19)30)25-22(28)29(18)17-7-5-6-16(24)12-17/h5-12H,1-4H3. The number of hydrogen-bond donors (Lipinski definition) is 0. The van der Waals surface area contributed by atoms with Crippen molar-refractivity contribution in [3.8, 4) is 16.9 Å². The van der Waals surface area contributed by atoms with Gasteiger partial charge in [-0.2, -0.15) is 4.98 Å². The van der Waals surface area contributed by atoms with E-state index in [1.54, 1.807) is 7.05 Å². The molecule has 0 unspecified atom stereocenters. The summed E-state index contributed by atoms with van der Waals surface area (Å²) in [5.41, 5.74) is 4.63. The van der Waals surface area contributed by atoms with Crippen molar-refractivity contribution in [3.05, 3.63) is 85.6 Å². The fraction of sp³-hybridized carbons (Fsp3) is 0.174. The molecular formula is C23H20ClN5O2. The predicted molar refractivity (Wildman–Crippen MR) is 122 cm³/mol. The highest BCUT2D eigenvalue weighted by Gasteiger charge is 2.24. The van der Waals surface area contributed by atoms with Gasteiger partial charge in [-0.1, -0.05) is 47.5 Å². The molecule has 0 aliphatic heterocycles. The molecule has 0 bridgehead atoms. The van der Waals surface area contributed by atoms with Crippen LogP contribution in [0.2, 0.25) is 5.02 Å². The molecule has 0 radical (unpaired) electrons. The van der Waals surface area contributed by atoms with Crippen LogP contribution in [0.4, 0.5) is 0 Å². The molecule has 0 aliphatic rings. The van der Waals surface area contributed by atoms with Crippen molar-refractivity contribution < 1.29 is 0 Å². The first-order valence-corrected chi connectivity index (χ1v) is 10.2. The smallest absolute Gasteiger partial charge is 0.279 e. The second-order valence-corrected chi connectivity index (χ2v) is 8.18. The summed E-state index contributed by atoms with van der Waals surface area (Å²) >= 11 is 6.30. The predicted octanol–water partition coefficient (Wildman–Crippen LogP) is 3.61. The van der Waals surface area contributed by atoms with Crippen molar-refractivity contribution in [2.24, 2.45) is 14.1 Å². The van der Waals surface area contributed by atoms with E-state index in [-0.39, 0.29) is 5.56 Å². The number of nitrogens with zero attached hydrogens (tertiary/aromatic N) is 5. The zero-order chi connectivity index (χ0) is 22.0. The molecule has 5 aromatic rings. The van der Waals surface area contributed by atoms with Gasteiger partial charge in [-0.15, -0.1) is 0 Å². The number of aryl methyl sites for hydroxylation is 3. The lowest BCUT2D eigenvalue weighted by Gasteiger charge is -2.11. The van der Waals surface area contributed by atoms with Gasteiger partial charge < -0.3 is 0 Å². The van der Waals surface area contributed by atoms with Gasteiger partial charge in [0.05, 0.1) is 11.4 Å². The van der Waals surface area contributed by atoms with Crippen molar-refractivity contribution >= 4 is 28.5 Å². The largest absolute Gasteiger partial charge is 0.332 e. The maximum absolute atomic E-state index is 13.1. The van der Waals surface area contributed by atoms with Crippen LogP contribution in [0.3, 0.4) is 0 Å². The third kappa shape index (κ3) is 2.70. The molecule has 7 nitrogen and oxygen atoms in total. The summed E-state index contributed by atoms with van der Waals surface area (Å²) in [6.07, 6.45) is 0. The molecule has 0 aliphatic carbocycles. The van der Waals surface area contributed by atoms with E-state index < -0.39 is 5.69 Å². The molecule has 3 heterocycles. The third-order valence-electron chi connectivity index (χ3n) is 5.73. The molecule has 31 heavy (non-hydrogen) atoms. The fourth-order valence-corrected chi connectivity index (χ4v) is 4.31. The van der Waals surface area contributed by atoms with E-state index in [0.29, 0.717) is 22.0 Å². The quantitative estimate of drug-likeness (QED) is 0.427. The molecule has 0 N–H and O–H groups in total. The van der Waals surface area contributed by atoms with Gasteiger partial charge >= 0.3 is 5.69 Å². The molecule has 0 amide bonds. The number of rotatable bonds is 2. The Hall–Kier alpha value is -3.58. The van der Waals surface area contributed by atoms with Gasteiger partial charge in [0.1, 0.15) is 0 Å². The summed E-state index contributed by atoms with van der Waals surface area (Å²) < 4.78 is 6.32. The number of halogens is 1. The summed E-state index contributed by atoms with van der Waals surface area (Å²) in [4.78, 5) is 30.3. The van der Waals surface area contributed by atoms with Crippen LogP contribution < -0.4 is 11.2 Å². The highest BCUT2D eigenvalue weighted by molar-refractivity contribution is 6.30. The Morgan fingerprint density at radius 2 is 1.65 bits per heavy atom. The Morgan fingerprint density at radius 3 is 2.32 bits per heavy atom. The Balaban J connectivity index is 2.03. The Morgan fingerprint density at radius 1 is 0.935 bits per heavy atom. The number of fused-ring (bicyclic) bond motifs is 3. The lowest BCUT2D eigenvalue weighted by atomic mass is 10.1. The average molecular weight is 434 g/mol. The topological polar surface area (TPSA) is 66.2 Å². The first-order valence-electron chi connectivity index (χ1n) is 9.82. The molecule has 8 heteroatoms. The van der Waals surface area contributed by atoms with Gasteiger partial charge in [-0.3, -0.25) is 22.9 Å². The van der Waals surface area contributed by atoms with Gasteiger partial charge in [-0.25, -0.2) is 4.79 Å². The molecule has 0 saturated heterocycles. The van der Waals surface area contributed by atoms with Crippen molar-refractivity contribution in [3.63, 3.8) is 0 Å². The Bertz CT molecular complexity index is 1620. The van der Waals surface area contributed by atoms with E-state index in [4.69, 9.17) is 16.6 Å². The van der Waals surface area contributed by atoms with Crippen molar-refractivity contribution in [2.45, 2.75) is 13.8 Å². The summed E-state index contributed by atoms with van der Waals surface area (Å²) in [6.45, 7) is 3.99. The van der Waals surface area contributed by atoms with E-state index in [1.165, 1.54) is 11.6 Å². The van der Waals surface area contributed by atoms with Crippen molar-refractivity contribution in [1.82, 2.24) is 23.1 Å². The van der Waals surface area contributed by atoms with E-state index in [0.717, 1.165) is 32.8 Å². The highest BCUT2D eigenvalue weighted by atomic mass is 35.5. The summed E-state index contributed by atoms with van der Waals surface area (Å²) in [5, 5.41) is 0.594. The fourth-order valence-electron chi connectivity index (χ4n) is 4.13. The van der Waals surface area contributed by atoms with Gasteiger partial charge in [0.2, 0.25) is 5.78 Å². The molecule has 5 rings (SSSR count). The first-order chi connectivity index (χ1) is 14.8. The molecular weight excluding hydrogens is 414 g/mol. The summed E-state index contributed by atoms with van der Waals surface area (Å²) in [6, 6.07) is 15.7. The summed E-state index contributed by atoms with van der Waals surface area (Å²) in [7, 11) is 3.10. The SMILES string of the molecule is Cc1ccc(-c2c(C)n3c4c(=O)n(C)c(=O)n(C)c4nc3n2-c2cccc(Cl)c2)cc1. The van der Waals surface area contributed by atoms with Crippen LogP contribution >= 0.6 is 11.6 Å². The van der Waals surface area contributed by atoms with Crippen LogP contribution in [0.15, 0.2) is 58.1 Å². The van der Waals surface area contributed by atoms with Gasteiger partial charge in [0.15, 0.2) is 11.2 Å². The van der Waals surface area contributed by atoms with Crippen LogP contribution in [-0.2, 0) is 14.1 Å². The molecule has 0 fully saturated rings. The second-order valence-electron chi connectivity index (χ2n) is 7.74. The lowest BCUT2D eigenvalue weighted by molar-refractivity contribution is 0.707. The van der Waals surface area contributed by atoms with E-state index in [9.17, 15) is 9.59 Å². The first kappa shape index (κ1) is 19.4. The molecule has 0 atom stereocenters. The van der Waals surface area contributed by atoms with Crippen LogP contribution in [0.1, 0.15) is 11.3 Å². The van der Waals surface area contributed by atoms with Crippen LogP contribution in [-0.4, -0.2) is 23.1 Å². The van der Waals surface area contributed by atoms with Crippen LogP contribution in [0.25, 0.3) is 33.9 Å². The monoisotopic (exact) mass is 433 g/mol. The van der Waals surface area contributed by atoms with Crippen molar-refractivity contribution in [1.29, 1.82) is 0 Å².